The molecule has 3 heteroatoms. The second-order valence-corrected chi connectivity index (χ2v) is 5.06. The fraction of sp³-hybridized carbons (Fsp3) is 0.533. The Hall–Kier alpha value is -1.35. The fourth-order valence-electron chi connectivity index (χ4n) is 2.76. The van der Waals surface area contributed by atoms with E-state index >= 15 is 0 Å². The molecule has 98 valence electrons. The first-order valence-corrected chi connectivity index (χ1v) is 6.79. The summed E-state index contributed by atoms with van der Waals surface area (Å²) in [5, 5.41) is 0. The molecule has 1 aliphatic rings. The van der Waals surface area contributed by atoms with Gasteiger partial charge in [-0.25, -0.2) is 0 Å². The zero-order valence-corrected chi connectivity index (χ0v) is 11.0. The molecular formula is C15H22N2O. The van der Waals surface area contributed by atoms with Crippen LogP contribution in [0.5, 0.6) is 0 Å². The molecule has 1 saturated heterocycles. The van der Waals surface area contributed by atoms with E-state index in [9.17, 15) is 4.79 Å². The first-order valence-electron chi connectivity index (χ1n) is 6.79. The van der Waals surface area contributed by atoms with Crippen molar-refractivity contribution in [2.24, 2.45) is 11.7 Å². The monoisotopic (exact) mass is 246 g/mol. The zero-order chi connectivity index (χ0) is 13.0. The molecule has 1 fully saturated rings. The second-order valence-electron chi connectivity index (χ2n) is 5.06. The van der Waals surface area contributed by atoms with Gasteiger partial charge in [-0.05, 0) is 24.4 Å². The zero-order valence-electron chi connectivity index (χ0n) is 11.0. The Bertz CT molecular complexity index is 391. The van der Waals surface area contributed by atoms with Crippen LogP contribution in [0.1, 0.15) is 31.2 Å². The number of nitrogens with zero attached hydrogens (tertiary/aromatic N) is 1. The number of nitrogens with two attached hydrogens (primary N) is 1. The normalized spacial score (nSPS) is 23.3. The Kier molecular flexibility index (Phi) is 4.37. The number of carbonyl (C=O) groups is 1. The van der Waals surface area contributed by atoms with Crippen molar-refractivity contribution in [1.82, 2.24) is 4.90 Å². The minimum absolute atomic E-state index is 0.273. The maximum Gasteiger partial charge on any atom is 0.222 e. The molecule has 1 aromatic carbocycles. The standard InChI is InChI=1S/C15H22N2O/c1-2-6-15(18)17-10-13(9-16)14(11-17)12-7-4-3-5-8-12/h3-5,7-8,13-14H,2,6,9-11,16H2,1H3/t13-,14+/m1/s1. The van der Waals surface area contributed by atoms with E-state index in [1.165, 1.54) is 5.56 Å². The molecule has 0 saturated carbocycles. The first kappa shape index (κ1) is 13.1. The second kappa shape index (κ2) is 6.01. The van der Waals surface area contributed by atoms with Crippen LogP contribution < -0.4 is 5.73 Å². The van der Waals surface area contributed by atoms with Crippen LogP contribution in [0.3, 0.4) is 0 Å². The predicted molar refractivity (Wildman–Crippen MR) is 73.2 cm³/mol. The summed E-state index contributed by atoms with van der Waals surface area (Å²) in [4.78, 5) is 14.0. The molecule has 2 atom stereocenters. The summed E-state index contributed by atoms with van der Waals surface area (Å²) in [6.45, 7) is 4.33. The number of carbonyl (C=O) groups excluding carboxylic acids is 1. The Balaban J connectivity index is 2.10. The van der Waals surface area contributed by atoms with Crippen LogP contribution in [0.2, 0.25) is 0 Å². The van der Waals surface area contributed by atoms with Gasteiger partial charge < -0.3 is 10.6 Å². The van der Waals surface area contributed by atoms with Gasteiger partial charge in [-0.1, -0.05) is 37.3 Å². The molecule has 2 rings (SSSR count). The van der Waals surface area contributed by atoms with Crippen LogP contribution >= 0.6 is 0 Å². The lowest BCUT2D eigenvalue weighted by Crippen LogP contribution is -2.29. The summed E-state index contributed by atoms with van der Waals surface area (Å²) in [6, 6.07) is 10.4. The van der Waals surface area contributed by atoms with Crippen molar-refractivity contribution < 1.29 is 4.79 Å². The third-order valence-electron chi connectivity index (χ3n) is 3.79. The summed E-state index contributed by atoms with van der Waals surface area (Å²) in [5.41, 5.74) is 7.17. The number of benzene rings is 1. The quantitative estimate of drug-likeness (QED) is 0.883. The summed E-state index contributed by atoms with van der Waals surface area (Å²) < 4.78 is 0. The smallest absolute Gasteiger partial charge is 0.222 e. The van der Waals surface area contributed by atoms with Gasteiger partial charge in [0.15, 0.2) is 0 Å². The van der Waals surface area contributed by atoms with Gasteiger partial charge in [-0.2, -0.15) is 0 Å². The minimum Gasteiger partial charge on any atom is -0.342 e. The maximum absolute atomic E-state index is 12.0. The highest BCUT2D eigenvalue weighted by Crippen LogP contribution is 2.32. The lowest BCUT2D eigenvalue weighted by atomic mass is 9.89. The van der Waals surface area contributed by atoms with Gasteiger partial charge in [0.1, 0.15) is 0 Å². The Morgan fingerprint density at radius 2 is 2.06 bits per heavy atom. The average Bonchev–Trinajstić information content (AvgIpc) is 2.84. The van der Waals surface area contributed by atoms with E-state index in [0.29, 0.717) is 24.8 Å². The van der Waals surface area contributed by atoms with Crippen molar-refractivity contribution >= 4 is 5.91 Å². The largest absolute Gasteiger partial charge is 0.342 e. The van der Waals surface area contributed by atoms with E-state index < -0.39 is 0 Å². The van der Waals surface area contributed by atoms with E-state index in [0.717, 1.165) is 19.5 Å². The van der Waals surface area contributed by atoms with Crippen molar-refractivity contribution in [3.63, 3.8) is 0 Å². The van der Waals surface area contributed by atoms with Gasteiger partial charge in [0.2, 0.25) is 5.91 Å². The van der Waals surface area contributed by atoms with Crippen LogP contribution in [0.25, 0.3) is 0 Å². The molecule has 0 unspecified atom stereocenters. The average molecular weight is 246 g/mol. The summed E-state index contributed by atoms with van der Waals surface area (Å²) >= 11 is 0. The Morgan fingerprint density at radius 1 is 1.33 bits per heavy atom. The molecule has 1 aliphatic heterocycles. The highest BCUT2D eigenvalue weighted by atomic mass is 16.2. The number of likely N-dealkylation sites (tertiary alicyclic amines) is 1. The molecule has 3 nitrogen and oxygen atoms in total. The van der Waals surface area contributed by atoms with Crippen molar-refractivity contribution in [1.29, 1.82) is 0 Å². The van der Waals surface area contributed by atoms with E-state index in [2.05, 4.69) is 24.3 Å². The van der Waals surface area contributed by atoms with Crippen molar-refractivity contribution in [2.75, 3.05) is 19.6 Å². The molecule has 1 aromatic rings. The van der Waals surface area contributed by atoms with Crippen LogP contribution in [0, 0.1) is 5.92 Å². The number of hydrogen-bond acceptors (Lipinski definition) is 2. The van der Waals surface area contributed by atoms with Gasteiger partial charge in [0.25, 0.3) is 0 Å². The summed E-state index contributed by atoms with van der Waals surface area (Å²) in [5.74, 6) is 1.07. The molecule has 0 aromatic heterocycles. The minimum atomic E-state index is 0.273. The molecule has 1 amide bonds. The van der Waals surface area contributed by atoms with Crippen LogP contribution in [-0.2, 0) is 4.79 Å². The van der Waals surface area contributed by atoms with Gasteiger partial charge >= 0.3 is 0 Å². The van der Waals surface area contributed by atoms with Crippen LogP contribution in [-0.4, -0.2) is 30.4 Å². The van der Waals surface area contributed by atoms with Crippen LogP contribution in [0.4, 0.5) is 0 Å². The van der Waals surface area contributed by atoms with Gasteiger partial charge in [-0.3, -0.25) is 4.79 Å². The van der Waals surface area contributed by atoms with Crippen molar-refractivity contribution in [3.8, 4) is 0 Å². The topological polar surface area (TPSA) is 46.3 Å². The SMILES string of the molecule is CCCC(=O)N1C[C@@H](CN)[C@H](c2ccccc2)C1. The van der Waals surface area contributed by atoms with Crippen molar-refractivity contribution in [3.05, 3.63) is 35.9 Å². The molecule has 0 spiro atoms. The number of hydrogen-bond donors (Lipinski definition) is 1. The highest BCUT2D eigenvalue weighted by molar-refractivity contribution is 5.76. The van der Waals surface area contributed by atoms with Gasteiger partial charge in [-0.15, -0.1) is 0 Å². The lowest BCUT2D eigenvalue weighted by molar-refractivity contribution is -0.130. The van der Waals surface area contributed by atoms with Gasteiger partial charge in [0.05, 0.1) is 0 Å². The van der Waals surface area contributed by atoms with Crippen LogP contribution in [0.15, 0.2) is 30.3 Å². The summed E-state index contributed by atoms with van der Waals surface area (Å²) in [6.07, 6.45) is 1.57. The Morgan fingerprint density at radius 3 is 2.67 bits per heavy atom. The molecule has 1 heterocycles. The molecule has 18 heavy (non-hydrogen) atoms. The van der Waals surface area contributed by atoms with E-state index in [-0.39, 0.29) is 5.91 Å². The predicted octanol–water partition coefficient (Wildman–Crippen LogP) is 1.99. The molecule has 0 radical (unpaired) electrons. The lowest BCUT2D eigenvalue weighted by Gasteiger charge is -2.16. The number of rotatable bonds is 4. The Labute approximate surface area is 109 Å². The third-order valence-corrected chi connectivity index (χ3v) is 3.79. The van der Waals surface area contributed by atoms with E-state index in [1.54, 1.807) is 0 Å². The third kappa shape index (κ3) is 2.72. The molecular weight excluding hydrogens is 224 g/mol. The first-order chi connectivity index (χ1) is 8.76. The van der Waals surface area contributed by atoms with E-state index in [4.69, 9.17) is 5.73 Å². The molecule has 2 N–H and O–H groups in total. The fourth-order valence-corrected chi connectivity index (χ4v) is 2.76. The van der Waals surface area contributed by atoms with Crippen molar-refractivity contribution in [2.45, 2.75) is 25.7 Å². The summed E-state index contributed by atoms with van der Waals surface area (Å²) in [7, 11) is 0. The highest BCUT2D eigenvalue weighted by Gasteiger charge is 2.34. The van der Waals surface area contributed by atoms with E-state index in [1.807, 2.05) is 17.9 Å². The van der Waals surface area contributed by atoms with Gasteiger partial charge in [0, 0.05) is 25.4 Å². The number of amides is 1. The maximum atomic E-state index is 12.0. The molecule has 0 bridgehead atoms. The molecule has 0 aliphatic carbocycles.